The lowest BCUT2D eigenvalue weighted by molar-refractivity contribution is -0.315. The highest BCUT2D eigenvalue weighted by Crippen LogP contribution is 2.40. The van der Waals surface area contributed by atoms with Crippen LogP contribution in [0.2, 0.25) is 0 Å². The monoisotopic (exact) mass is 240 g/mol. The maximum atomic E-state index is 6.31. The molecule has 1 spiro atoms. The molecule has 2 aliphatic heterocycles. The quantitative estimate of drug-likeness (QED) is 0.724. The van der Waals surface area contributed by atoms with Gasteiger partial charge in [-0.15, -0.1) is 0 Å². The largest absolute Gasteiger partial charge is 0.347 e. The third-order valence-corrected chi connectivity index (χ3v) is 4.15. The maximum absolute atomic E-state index is 6.31. The van der Waals surface area contributed by atoms with E-state index in [4.69, 9.17) is 9.47 Å². The van der Waals surface area contributed by atoms with Crippen LogP contribution in [0.5, 0.6) is 0 Å². The molecule has 2 rings (SSSR count). The fourth-order valence-corrected chi connectivity index (χ4v) is 3.36. The van der Waals surface area contributed by atoms with Gasteiger partial charge in [0.25, 0.3) is 0 Å². The molecule has 2 aliphatic rings. The fourth-order valence-electron chi connectivity index (χ4n) is 3.36. The van der Waals surface area contributed by atoms with E-state index in [-0.39, 0.29) is 5.79 Å². The summed E-state index contributed by atoms with van der Waals surface area (Å²) < 4.78 is 12.6. The van der Waals surface area contributed by atoms with Gasteiger partial charge in [0.2, 0.25) is 0 Å². The molecule has 17 heavy (non-hydrogen) atoms. The number of hydrogen-bond donors (Lipinski definition) is 0. The van der Waals surface area contributed by atoms with E-state index < -0.39 is 0 Å². The Kier molecular flexibility index (Phi) is 4.87. The maximum Gasteiger partial charge on any atom is 0.169 e. The lowest BCUT2D eigenvalue weighted by Gasteiger charge is -2.46. The average Bonchev–Trinajstić information content (AvgIpc) is 2.30. The smallest absolute Gasteiger partial charge is 0.169 e. The zero-order chi connectivity index (χ0) is 12.1. The highest BCUT2D eigenvalue weighted by atomic mass is 16.7. The molecule has 2 fully saturated rings. The van der Waals surface area contributed by atoms with Crippen LogP contribution in [0.15, 0.2) is 0 Å². The van der Waals surface area contributed by atoms with Crippen LogP contribution in [0.4, 0.5) is 0 Å². The Morgan fingerprint density at radius 1 is 0.882 bits per heavy atom. The number of rotatable bonds is 4. The summed E-state index contributed by atoms with van der Waals surface area (Å²) in [5.74, 6) is -0.198. The summed E-state index contributed by atoms with van der Waals surface area (Å²) in [7, 11) is 0. The molecule has 0 amide bonds. The molecule has 2 heterocycles. The zero-order valence-corrected chi connectivity index (χ0v) is 11.5. The first-order valence-corrected chi connectivity index (χ1v) is 7.63. The molecule has 0 aromatic carbocycles. The summed E-state index contributed by atoms with van der Waals surface area (Å²) >= 11 is 0. The third kappa shape index (κ3) is 3.45. The van der Waals surface area contributed by atoms with Gasteiger partial charge in [0.1, 0.15) is 0 Å². The molecule has 0 aromatic heterocycles. The molecule has 2 nitrogen and oxygen atoms in total. The molecule has 0 radical (unpaired) electrons. The van der Waals surface area contributed by atoms with E-state index in [1.165, 1.54) is 51.4 Å². The highest BCUT2D eigenvalue weighted by Gasteiger charge is 2.41. The molecule has 0 bridgehead atoms. The van der Waals surface area contributed by atoms with Crippen LogP contribution in [-0.2, 0) is 9.47 Å². The van der Waals surface area contributed by atoms with Gasteiger partial charge in [0.05, 0.1) is 12.2 Å². The summed E-state index contributed by atoms with van der Waals surface area (Å²) in [5, 5.41) is 0. The van der Waals surface area contributed by atoms with Crippen LogP contribution < -0.4 is 0 Å². The Balaban J connectivity index is 1.92. The van der Waals surface area contributed by atoms with E-state index in [2.05, 4.69) is 13.8 Å². The molecular formula is C15H28O2. The average molecular weight is 240 g/mol. The van der Waals surface area contributed by atoms with Crippen molar-refractivity contribution in [1.82, 2.24) is 0 Å². The van der Waals surface area contributed by atoms with Crippen molar-refractivity contribution in [2.45, 2.75) is 96.1 Å². The second-order valence-corrected chi connectivity index (χ2v) is 5.75. The highest BCUT2D eigenvalue weighted by molar-refractivity contribution is 4.83. The lowest BCUT2D eigenvalue weighted by Crippen LogP contribution is -2.47. The van der Waals surface area contributed by atoms with Crippen molar-refractivity contribution in [2.75, 3.05) is 0 Å². The van der Waals surface area contributed by atoms with Crippen LogP contribution in [0.3, 0.4) is 0 Å². The van der Waals surface area contributed by atoms with E-state index >= 15 is 0 Å². The molecule has 2 atom stereocenters. The van der Waals surface area contributed by atoms with Crippen LogP contribution in [0, 0.1) is 0 Å². The third-order valence-electron chi connectivity index (χ3n) is 4.15. The summed E-state index contributed by atoms with van der Waals surface area (Å²) in [4.78, 5) is 0. The Morgan fingerprint density at radius 2 is 1.35 bits per heavy atom. The first kappa shape index (κ1) is 13.4. The van der Waals surface area contributed by atoms with Gasteiger partial charge in [-0.05, 0) is 38.5 Å². The minimum atomic E-state index is -0.198. The SMILES string of the molecule is CCCC1CCCC2(CCCC(CCC)O2)O1. The van der Waals surface area contributed by atoms with Gasteiger partial charge in [-0.25, -0.2) is 0 Å². The standard InChI is InChI=1S/C15H28O2/c1-3-7-13-9-5-11-15(16-13)12-6-10-14(17-15)8-4-2/h13-14H,3-12H2,1-2H3. The Bertz CT molecular complexity index is 199. The van der Waals surface area contributed by atoms with E-state index in [1.54, 1.807) is 0 Å². The predicted molar refractivity (Wildman–Crippen MR) is 70.0 cm³/mol. The number of hydrogen-bond acceptors (Lipinski definition) is 2. The van der Waals surface area contributed by atoms with Gasteiger partial charge >= 0.3 is 0 Å². The summed E-state index contributed by atoms with van der Waals surface area (Å²) in [6.07, 6.45) is 13.0. The van der Waals surface area contributed by atoms with E-state index in [0.717, 1.165) is 12.8 Å². The van der Waals surface area contributed by atoms with Gasteiger partial charge in [-0.2, -0.15) is 0 Å². The second kappa shape index (κ2) is 6.19. The number of ether oxygens (including phenoxy) is 2. The minimum absolute atomic E-state index is 0.198. The van der Waals surface area contributed by atoms with Crippen molar-refractivity contribution in [1.29, 1.82) is 0 Å². The Hall–Kier alpha value is -0.0800. The van der Waals surface area contributed by atoms with Crippen molar-refractivity contribution in [3.63, 3.8) is 0 Å². The first-order chi connectivity index (χ1) is 8.28. The second-order valence-electron chi connectivity index (χ2n) is 5.75. The minimum Gasteiger partial charge on any atom is -0.347 e. The van der Waals surface area contributed by atoms with Gasteiger partial charge in [0, 0.05) is 12.8 Å². The summed E-state index contributed by atoms with van der Waals surface area (Å²) in [6.45, 7) is 4.48. The Labute approximate surface area is 106 Å². The zero-order valence-electron chi connectivity index (χ0n) is 11.5. The topological polar surface area (TPSA) is 18.5 Å². The molecule has 2 heteroatoms. The molecule has 2 unspecified atom stereocenters. The molecule has 2 saturated heterocycles. The summed E-state index contributed by atoms with van der Waals surface area (Å²) in [5.41, 5.74) is 0. The van der Waals surface area contributed by atoms with Gasteiger partial charge in [0.15, 0.2) is 5.79 Å². The molecular weight excluding hydrogens is 212 g/mol. The fraction of sp³-hybridized carbons (Fsp3) is 1.00. The van der Waals surface area contributed by atoms with E-state index in [9.17, 15) is 0 Å². The first-order valence-electron chi connectivity index (χ1n) is 7.63. The predicted octanol–water partition coefficient (Wildman–Crippen LogP) is 4.42. The molecule has 0 saturated carbocycles. The van der Waals surface area contributed by atoms with E-state index in [0.29, 0.717) is 12.2 Å². The molecule has 0 aliphatic carbocycles. The lowest BCUT2D eigenvalue weighted by atomic mass is 9.91. The van der Waals surface area contributed by atoms with Crippen molar-refractivity contribution in [2.24, 2.45) is 0 Å². The van der Waals surface area contributed by atoms with Gasteiger partial charge in [-0.3, -0.25) is 0 Å². The van der Waals surface area contributed by atoms with Crippen molar-refractivity contribution in [3.05, 3.63) is 0 Å². The van der Waals surface area contributed by atoms with Crippen LogP contribution in [0.1, 0.15) is 78.1 Å². The normalized spacial score (nSPS) is 38.5. The van der Waals surface area contributed by atoms with Crippen LogP contribution in [-0.4, -0.2) is 18.0 Å². The van der Waals surface area contributed by atoms with Gasteiger partial charge in [-0.1, -0.05) is 26.7 Å². The van der Waals surface area contributed by atoms with Crippen molar-refractivity contribution < 1.29 is 9.47 Å². The molecule has 0 aromatic rings. The summed E-state index contributed by atoms with van der Waals surface area (Å²) in [6, 6.07) is 0. The van der Waals surface area contributed by atoms with Gasteiger partial charge < -0.3 is 9.47 Å². The molecule has 0 N–H and O–H groups in total. The van der Waals surface area contributed by atoms with Crippen molar-refractivity contribution in [3.8, 4) is 0 Å². The van der Waals surface area contributed by atoms with Crippen LogP contribution >= 0.6 is 0 Å². The van der Waals surface area contributed by atoms with E-state index in [1.807, 2.05) is 0 Å². The molecule has 100 valence electrons. The Morgan fingerprint density at radius 3 is 1.76 bits per heavy atom. The van der Waals surface area contributed by atoms with Crippen molar-refractivity contribution >= 4 is 0 Å². The van der Waals surface area contributed by atoms with Crippen LogP contribution in [0.25, 0.3) is 0 Å².